The number of carbonyl (C=O) groups excluding carboxylic acids is 4. The number of benzene rings is 1. The van der Waals surface area contributed by atoms with Crippen LogP contribution in [-0.4, -0.2) is 190 Å². The molecular formula is C47H76N5O15P. The summed E-state index contributed by atoms with van der Waals surface area (Å²) in [5.74, 6) is -8.24. The monoisotopic (exact) mass is 982 g/mol. The van der Waals surface area contributed by atoms with Gasteiger partial charge in [0.1, 0.15) is 17.6 Å². The third-order valence-electron chi connectivity index (χ3n) is 12.1. The van der Waals surface area contributed by atoms with Crippen LogP contribution in [0.4, 0.5) is 0 Å². The van der Waals surface area contributed by atoms with E-state index < -0.39 is 80.2 Å². The van der Waals surface area contributed by atoms with E-state index in [1.807, 2.05) is 24.1 Å². The first kappa shape index (κ1) is 59.7. The van der Waals surface area contributed by atoms with E-state index in [0.717, 1.165) is 31.7 Å². The predicted octanol–water partition coefficient (Wildman–Crippen LogP) is 3.77. The van der Waals surface area contributed by atoms with Crippen LogP contribution in [0.3, 0.4) is 0 Å². The Labute approximate surface area is 400 Å². The number of carboxylic acid groups (broad SMARTS) is 4. The van der Waals surface area contributed by atoms with E-state index in [-0.39, 0.29) is 50.2 Å². The highest BCUT2D eigenvalue weighted by atomic mass is 31.2. The summed E-state index contributed by atoms with van der Waals surface area (Å²) in [6.07, 6.45) is 2.99. The zero-order valence-electron chi connectivity index (χ0n) is 40.2. The Kier molecular flexibility index (Phi) is 28.4. The molecule has 20 nitrogen and oxygen atoms in total. The number of carboxylic acids is 4. The van der Waals surface area contributed by atoms with Gasteiger partial charge in [-0.2, -0.15) is 0 Å². The molecule has 4 atom stereocenters. The maximum atomic E-state index is 13.0. The van der Waals surface area contributed by atoms with Crippen molar-refractivity contribution in [3.05, 3.63) is 35.4 Å². The first-order valence-electron chi connectivity index (χ1n) is 23.8. The fourth-order valence-electron chi connectivity index (χ4n) is 7.78. The van der Waals surface area contributed by atoms with Crippen LogP contribution in [0.1, 0.15) is 113 Å². The van der Waals surface area contributed by atoms with Crippen molar-refractivity contribution < 1.29 is 72.8 Å². The largest absolute Gasteiger partial charge is 0.481 e. The quantitative estimate of drug-likeness (QED) is 0.0332. The molecule has 1 aliphatic rings. The lowest BCUT2D eigenvalue weighted by molar-refractivity contribution is -0.145. The van der Waals surface area contributed by atoms with Gasteiger partial charge in [0.2, 0.25) is 5.91 Å². The number of aliphatic carboxylic acids is 4. The smallest absolute Gasteiger partial charge is 0.328 e. The molecule has 0 aliphatic carbocycles. The van der Waals surface area contributed by atoms with Crippen molar-refractivity contribution in [3.63, 3.8) is 0 Å². The molecule has 0 saturated carbocycles. The summed E-state index contributed by atoms with van der Waals surface area (Å²) in [5.41, 5.74) is 1.61. The van der Waals surface area contributed by atoms with Gasteiger partial charge in [-0.05, 0) is 64.6 Å². The average Bonchev–Trinajstić information content (AvgIpc) is 3.26. The highest BCUT2D eigenvalue weighted by Crippen LogP contribution is 2.45. The predicted molar refractivity (Wildman–Crippen MR) is 253 cm³/mol. The van der Waals surface area contributed by atoms with E-state index in [1.165, 1.54) is 0 Å². The van der Waals surface area contributed by atoms with E-state index in [9.17, 15) is 68.2 Å². The Bertz CT molecular complexity index is 1830. The molecule has 0 bridgehead atoms. The number of hydrogen-bond acceptors (Lipinski definition) is 14. The zero-order valence-corrected chi connectivity index (χ0v) is 41.1. The number of hydrogen-bond donors (Lipinski definition) is 6. The SMILES string of the molecule is CCCC(CP(=O)(O)OCCC(CC(=O)CC[C@@H](NC(=O)CCCCCCC(=O)c1ccc(CCCC(=O)CN2CCN(C)CCN(C)CCN(CC(=O)O)CC2)cc1)C(=O)O)C(=O)O)C(=O)O. The molecule has 1 aromatic rings. The van der Waals surface area contributed by atoms with Crippen molar-refractivity contribution in [2.45, 2.75) is 109 Å². The summed E-state index contributed by atoms with van der Waals surface area (Å²) in [7, 11) is -0.237. The summed E-state index contributed by atoms with van der Waals surface area (Å²) in [6.45, 7) is 7.36. The molecule has 1 amide bonds. The van der Waals surface area contributed by atoms with Crippen LogP contribution in [-0.2, 0) is 49.1 Å². The second kappa shape index (κ2) is 32.4. The molecule has 1 heterocycles. The summed E-state index contributed by atoms with van der Waals surface area (Å²) in [6, 6.07) is 6.00. The van der Waals surface area contributed by atoms with Gasteiger partial charge in [-0.3, -0.25) is 47.9 Å². The van der Waals surface area contributed by atoms with Crippen LogP contribution in [0.2, 0.25) is 0 Å². The van der Waals surface area contributed by atoms with Crippen molar-refractivity contribution >= 4 is 54.7 Å². The summed E-state index contributed by atoms with van der Waals surface area (Å²) in [5, 5.41) is 40.2. The first-order chi connectivity index (χ1) is 32.2. The van der Waals surface area contributed by atoms with Gasteiger partial charge in [0.05, 0.1) is 37.7 Å². The van der Waals surface area contributed by atoms with Crippen molar-refractivity contribution in [3.8, 4) is 0 Å². The van der Waals surface area contributed by atoms with Crippen LogP contribution >= 0.6 is 7.60 Å². The van der Waals surface area contributed by atoms with Gasteiger partial charge in [0, 0.05) is 90.0 Å². The van der Waals surface area contributed by atoms with Gasteiger partial charge < -0.3 is 45.0 Å². The van der Waals surface area contributed by atoms with Crippen LogP contribution in [0, 0.1) is 11.8 Å². The van der Waals surface area contributed by atoms with E-state index in [1.54, 1.807) is 19.1 Å². The molecule has 68 heavy (non-hydrogen) atoms. The zero-order chi connectivity index (χ0) is 50.6. The van der Waals surface area contributed by atoms with Crippen molar-refractivity contribution in [2.75, 3.05) is 92.3 Å². The topological polar surface area (TPSA) is 289 Å². The fraction of sp³-hybridized carbons (Fsp3) is 0.702. The number of unbranched alkanes of at least 4 members (excludes halogenated alkanes) is 3. The molecule has 1 saturated heterocycles. The molecular weight excluding hydrogens is 906 g/mol. The fourth-order valence-corrected chi connectivity index (χ4v) is 9.17. The number of ketones is 3. The maximum absolute atomic E-state index is 13.0. The third-order valence-corrected chi connectivity index (χ3v) is 13.6. The molecule has 1 fully saturated rings. The molecule has 384 valence electrons. The van der Waals surface area contributed by atoms with Gasteiger partial charge in [-0.15, -0.1) is 0 Å². The molecule has 2 rings (SSSR count). The lowest BCUT2D eigenvalue weighted by atomic mass is 9.96. The second-order valence-corrected chi connectivity index (χ2v) is 19.9. The highest BCUT2D eigenvalue weighted by molar-refractivity contribution is 7.52. The van der Waals surface area contributed by atoms with Crippen LogP contribution in [0.5, 0.6) is 0 Å². The molecule has 21 heteroatoms. The number of rotatable bonds is 33. The van der Waals surface area contributed by atoms with Crippen LogP contribution in [0.25, 0.3) is 0 Å². The standard InChI is InChI=1S/C47H76N5O15P/c1-4-10-38(46(61)62)34-68(65,66)67-30-21-37(45(59)60)31-39(53)19-20-41(47(63)64)48-43(56)14-8-6-5-7-13-42(55)36-17-15-35(16-18-36)11-9-12-40(54)32-51-26-24-49(2)22-23-50(3)25-27-52(29-28-51)33-44(57)58/h15-18,37-38,41H,4-14,19-34H2,1-3H3,(H,48,56)(H,57,58)(H,59,60)(H,61,62)(H,63,64)(H,65,66)/t37?,38?,41-/m1/s1. The normalized spacial score (nSPS) is 17.1. The Morgan fingerprint density at radius 1 is 0.647 bits per heavy atom. The van der Waals surface area contributed by atoms with Crippen LogP contribution in [0.15, 0.2) is 24.3 Å². The van der Waals surface area contributed by atoms with Gasteiger partial charge >= 0.3 is 31.5 Å². The van der Waals surface area contributed by atoms with Gasteiger partial charge in [0.25, 0.3) is 0 Å². The first-order valence-corrected chi connectivity index (χ1v) is 25.6. The average molecular weight is 982 g/mol. The third kappa shape index (κ3) is 26.4. The molecule has 0 spiro atoms. The van der Waals surface area contributed by atoms with E-state index >= 15 is 0 Å². The number of nitrogens with zero attached hydrogens (tertiary/aromatic N) is 4. The summed E-state index contributed by atoms with van der Waals surface area (Å²) < 4.78 is 17.3. The highest BCUT2D eigenvalue weighted by Gasteiger charge is 2.31. The number of Topliss-reactive ketones (excluding diaryl/α,β-unsaturated/α-hetero) is 3. The lowest BCUT2D eigenvalue weighted by Gasteiger charge is -2.31. The molecule has 1 aliphatic heterocycles. The van der Waals surface area contributed by atoms with Gasteiger partial charge in [-0.25, -0.2) is 4.79 Å². The van der Waals surface area contributed by atoms with Gasteiger partial charge in [0.15, 0.2) is 5.78 Å². The number of amides is 1. The number of nitrogens with one attached hydrogen (secondary N) is 1. The van der Waals surface area contributed by atoms with E-state index in [0.29, 0.717) is 96.1 Å². The van der Waals surface area contributed by atoms with Crippen molar-refractivity contribution in [1.82, 2.24) is 24.9 Å². The Balaban J connectivity index is 1.68. The summed E-state index contributed by atoms with van der Waals surface area (Å²) >= 11 is 0. The van der Waals surface area contributed by atoms with Crippen LogP contribution < -0.4 is 5.32 Å². The number of likely N-dealkylation sites (N-methyl/N-ethyl adjacent to an activating group) is 2. The number of carbonyl (C=O) groups is 8. The minimum Gasteiger partial charge on any atom is -0.481 e. The molecule has 6 N–H and O–H groups in total. The number of aryl methyl sites for hydroxylation is 1. The Morgan fingerprint density at radius 3 is 1.76 bits per heavy atom. The second-order valence-electron chi connectivity index (χ2n) is 18.0. The van der Waals surface area contributed by atoms with Crippen molar-refractivity contribution in [2.24, 2.45) is 11.8 Å². The Hall–Kier alpha value is -4.43. The minimum absolute atomic E-state index is 0.0125. The molecule has 0 aromatic heterocycles. The molecule has 3 unspecified atom stereocenters. The minimum atomic E-state index is -4.35. The van der Waals surface area contributed by atoms with E-state index in [4.69, 9.17) is 4.52 Å². The van der Waals surface area contributed by atoms with Crippen molar-refractivity contribution in [1.29, 1.82) is 0 Å². The van der Waals surface area contributed by atoms with Gasteiger partial charge in [-0.1, -0.05) is 50.5 Å². The molecule has 0 radical (unpaired) electrons. The lowest BCUT2D eigenvalue weighted by Crippen LogP contribution is -2.46. The molecule has 1 aromatic carbocycles. The summed E-state index contributed by atoms with van der Waals surface area (Å²) in [4.78, 5) is 116. The van der Waals surface area contributed by atoms with E-state index in [2.05, 4.69) is 27.1 Å². The maximum Gasteiger partial charge on any atom is 0.328 e. The Morgan fingerprint density at radius 2 is 1.21 bits per heavy atom.